The van der Waals surface area contributed by atoms with E-state index in [2.05, 4.69) is 20.7 Å². The largest absolute Gasteiger partial charge is 0.480 e. The lowest BCUT2D eigenvalue weighted by Crippen LogP contribution is -2.38. The van der Waals surface area contributed by atoms with Gasteiger partial charge >= 0.3 is 5.97 Å². The average molecular weight is 322 g/mol. The zero-order chi connectivity index (χ0) is 13.2. The fourth-order valence-electron chi connectivity index (χ4n) is 1.23. The van der Waals surface area contributed by atoms with Crippen molar-refractivity contribution in [1.29, 1.82) is 0 Å². The highest BCUT2D eigenvalue weighted by Crippen LogP contribution is 2.23. The normalized spacial score (nSPS) is 13.4. The molecule has 0 radical (unpaired) electrons. The third-order valence-corrected chi connectivity index (χ3v) is 4.75. The molecule has 94 valence electrons. The lowest BCUT2D eigenvalue weighted by Gasteiger charge is -2.12. The zero-order valence-electron chi connectivity index (χ0n) is 9.27. The molecule has 0 saturated heterocycles. The maximum Gasteiger partial charge on any atom is 0.321 e. The standard InChI is InChI=1S/C10H12BrNO4S/c1-6-8(11)4-3-5-9(6)17(15,16)12-7(2)10(13)14/h3-5,7,12H,1-2H3,(H,13,14). The third-order valence-electron chi connectivity index (χ3n) is 2.21. The first-order valence-corrected chi connectivity index (χ1v) is 7.03. The minimum Gasteiger partial charge on any atom is -0.480 e. The molecule has 0 saturated carbocycles. The van der Waals surface area contributed by atoms with Crippen LogP contribution < -0.4 is 4.72 Å². The summed E-state index contributed by atoms with van der Waals surface area (Å²) in [6.45, 7) is 2.91. The van der Waals surface area contributed by atoms with Crippen LogP contribution >= 0.6 is 15.9 Å². The highest BCUT2D eigenvalue weighted by molar-refractivity contribution is 9.10. The molecule has 0 heterocycles. The number of sulfonamides is 1. The van der Waals surface area contributed by atoms with Crippen LogP contribution in [0.15, 0.2) is 27.6 Å². The Kier molecular flexibility index (Phi) is 4.29. The molecule has 0 amide bonds. The highest BCUT2D eigenvalue weighted by Gasteiger charge is 2.23. The van der Waals surface area contributed by atoms with Gasteiger partial charge in [-0.3, -0.25) is 4.79 Å². The van der Waals surface area contributed by atoms with Crippen LogP contribution in [-0.4, -0.2) is 25.5 Å². The number of nitrogens with one attached hydrogen (secondary N) is 1. The van der Waals surface area contributed by atoms with E-state index in [1.54, 1.807) is 19.1 Å². The van der Waals surface area contributed by atoms with Gasteiger partial charge in [-0.05, 0) is 31.5 Å². The fourth-order valence-corrected chi connectivity index (χ4v) is 3.19. The lowest BCUT2D eigenvalue weighted by atomic mass is 10.2. The quantitative estimate of drug-likeness (QED) is 0.880. The Balaban J connectivity index is 3.14. The molecule has 0 spiro atoms. The van der Waals surface area contributed by atoms with E-state index in [1.165, 1.54) is 13.0 Å². The molecule has 2 N–H and O–H groups in total. The summed E-state index contributed by atoms with van der Waals surface area (Å²) in [6, 6.07) is 3.56. The molecule has 7 heteroatoms. The number of aliphatic carboxylic acids is 1. The molecule has 0 fully saturated rings. The summed E-state index contributed by atoms with van der Waals surface area (Å²) in [5.41, 5.74) is 0.539. The van der Waals surface area contributed by atoms with Crippen molar-refractivity contribution in [3.8, 4) is 0 Å². The number of halogens is 1. The van der Waals surface area contributed by atoms with E-state index in [0.29, 0.717) is 10.0 Å². The monoisotopic (exact) mass is 321 g/mol. The van der Waals surface area contributed by atoms with Gasteiger partial charge in [0, 0.05) is 4.47 Å². The molecule has 17 heavy (non-hydrogen) atoms. The first-order chi connectivity index (χ1) is 7.75. The van der Waals surface area contributed by atoms with Gasteiger partial charge in [-0.25, -0.2) is 8.42 Å². The highest BCUT2D eigenvalue weighted by atomic mass is 79.9. The zero-order valence-corrected chi connectivity index (χ0v) is 11.7. The summed E-state index contributed by atoms with van der Waals surface area (Å²) < 4.78 is 26.6. The molecule has 0 aliphatic rings. The van der Waals surface area contributed by atoms with Gasteiger partial charge in [0.1, 0.15) is 6.04 Å². The summed E-state index contributed by atoms with van der Waals surface area (Å²) in [5, 5.41) is 8.68. The number of rotatable bonds is 4. The van der Waals surface area contributed by atoms with Crippen LogP contribution in [0.2, 0.25) is 0 Å². The van der Waals surface area contributed by atoms with Crippen molar-refractivity contribution in [1.82, 2.24) is 4.72 Å². The molecule has 5 nitrogen and oxygen atoms in total. The summed E-state index contributed by atoms with van der Waals surface area (Å²) in [5.74, 6) is -1.22. The average Bonchev–Trinajstić information content (AvgIpc) is 2.21. The van der Waals surface area contributed by atoms with Gasteiger partial charge in [0.25, 0.3) is 0 Å². The van der Waals surface area contributed by atoms with E-state index < -0.39 is 22.0 Å². The van der Waals surface area contributed by atoms with Crippen molar-refractivity contribution < 1.29 is 18.3 Å². The van der Waals surface area contributed by atoms with E-state index in [1.807, 2.05) is 0 Å². The molecule has 0 aliphatic heterocycles. The Morgan fingerprint density at radius 2 is 2.06 bits per heavy atom. The second kappa shape index (κ2) is 5.16. The molecule has 0 bridgehead atoms. The van der Waals surface area contributed by atoms with E-state index in [9.17, 15) is 13.2 Å². The van der Waals surface area contributed by atoms with Crippen LogP contribution in [0.25, 0.3) is 0 Å². The van der Waals surface area contributed by atoms with Crippen molar-refractivity contribution in [2.24, 2.45) is 0 Å². The predicted octanol–water partition coefficient (Wildman–Crippen LogP) is 1.51. The van der Waals surface area contributed by atoms with E-state index in [-0.39, 0.29) is 4.90 Å². The van der Waals surface area contributed by atoms with Gasteiger partial charge in [-0.2, -0.15) is 4.72 Å². The minimum absolute atomic E-state index is 0.0694. The number of carboxylic acid groups (broad SMARTS) is 1. The third kappa shape index (κ3) is 3.27. The lowest BCUT2D eigenvalue weighted by molar-refractivity contribution is -0.138. The van der Waals surface area contributed by atoms with Crippen LogP contribution in [0.5, 0.6) is 0 Å². The topological polar surface area (TPSA) is 83.5 Å². The summed E-state index contributed by atoms with van der Waals surface area (Å²) >= 11 is 3.23. The Labute approximate surface area is 108 Å². The van der Waals surface area contributed by atoms with Crippen LogP contribution in [0.1, 0.15) is 12.5 Å². The second-order valence-electron chi connectivity index (χ2n) is 3.54. The Bertz CT molecular complexity index is 541. The number of carbonyl (C=O) groups is 1. The van der Waals surface area contributed by atoms with Gasteiger partial charge in [0.15, 0.2) is 0 Å². The van der Waals surface area contributed by atoms with Gasteiger partial charge < -0.3 is 5.11 Å². The Morgan fingerprint density at radius 1 is 1.47 bits per heavy atom. The summed E-state index contributed by atoms with van der Waals surface area (Å²) in [4.78, 5) is 10.7. The molecular weight excluding hydrogens is 310 g/mol. The molecular formula is C10H12BrNO4S. The Morgan fingerprint density at radius 3 is 2.59 bits per heavy atom. The first kappa shape index (κ1) is 14.1. The smallest absolute Gasteiger partial charge is 0.321 e. The van der Waals surface area contributed by atoms with Crippen molar-refractivity contribution in [2.75, 3.05) is 0 Å². The first-order valence-electron chi connectivity index (χ1n) is 4.76. The minimum atomic E-state index is -3.82. The molecule has 1 unspecified atom stereocenters. The van der Waals surface area contributed by atoms with E-state index >= 15 is 0 Å². The number of carboxylic acids is 1. The molecule has 1 atom stereocenters. The fraction of sp³-hybridized carbons (Fsp3) is 0.300. The Hall–Kier alpha value is -0.920. The van der Waals surface area contributed by atoms with Crippen LogP contribution in [0.3, 0.4) is 0 Å². The molecule has 1 aromatic carbocycles. The molecule has 1 rings (SSSR count). The van der Waals surface area contributed by atoms with Crippen molar-refractivity contribution in [2.45, 2.75) is 24.8 Å². The molecule has 1 aromatic rings. The van der Waals surface area contributed by atoms with Crippen LogP contribution in [0, 0.1) is 6.92 Å². The van der Waals surface area contributed by atoms with E-state index in [4.69, 9.17) is 5.11 Å². The van der Waals surface area contributed by atoms with Gasteiger partial charge in [-0.1, -0.05) is 22.0 Å². The van der Waals surface area contributed by atoms with Gasteiger partial charge in [-0.15, -0.1) is 0 Å². The maximum atomic E-state index is 11.9. The number of hydrogen-bond donors (Lipinski definition) is 2. The number of benzene rings is 1. The predicted molar refractivity (Wildman–Crippen MR) is 66.3 cm³/mol. The summed E-state index contributed by atoms with van der Waals surface area (Å²) in [7, 11) is -3.82. The van der Waals surface area contributed by atoms with Crippen LogP contribution in [0.4, 0.5) is 0 Å². The second-order valence-corrected chi connectivity index (χ2v) is 6.08. The maximum absolute atomic E-state index is 11.9. The molecule has 0 aliphatic carbocycles. The number of hydrogen-bond acceptors (Lipinski definition) is 3. The van der Waals surface area contributed by atoms with Gasteiger partial charge in [0.2, 0.25) is 10.0 Å². The van der Waals surface area contributed by atoms with Crippen molar-refractivity contribution in [3.63, 3.8) is 0 Å². The SMILES string of the molecule is Cc1c(Br)cccc1S(=O)(=O)NC(C)C(=O)O. The summed E-state index contributed by atoms with van der Waals surface area (Å²) in [6.07, 6.45) is 0. The van der Waals surface area contributed by atoms with Crippen molar-refractivity contribution in [3.05, 3.63) is 28.2 Å². The van der Waals surface area contributed by atoms with Gasteiger partial charge in [0.05, 0.1) is 4.90 Å². The van der Waals surface area contributed by atoms with Crippen molar-refractivity contribution >= 4 is 31.9 Å². The van der Waals surface area contributed by atoms with E-state index in [0.717, 1.165) is 0 Å². The molecule has 0 aromatic heterocycles. The van der Waals surface area contributed by atoms with Crippen LogP contribution in [-0.2, 0) is 14.8 Å².